The van der Waals surface area contributed by atoms with Gasteiger partial charge in [-0.3, -0.25) is 9.59 Å². The number of carbonyl (C=O) groups excluding carboxylic acids is 2. The summed E-state index contributed by atoms with van der Waals surface area (Å²) in [6.07, 6.45) is 12.9. The Kier molecular flexibility index (Phi) is 6.66. The number of rotatable bonds is 4. The standard InChI is InChI=1S/C31H51N3O2/c1-19(2)28(33(7)21(4)35)29(36)34(8)23-13-15-30(5)22(17-23)9-10-24-26(30)14-16-31-18-32(6)20(3)25(31)11-12-27(24)31/h9,19-20,23-28H,10-18H2,1-8H3/t20-,23-,24+,25+,26?,27-,28+,30-,31?/m0/s1. The van der Waals surface area contributed by atoms with Crippen molar-refractivity contribution >= 4 is 11.8 Å². The molecule has 5 heteroatoms. The maximum atomic E-state index is 13.6. The third-order valence-corrected chi connectivity index (χ3v) is 12.4. The van der Waals surface area contributed by atoms with Crippen LogP contribution < -0.4 is 0 Å². The van der Waals surface area contributed by atoms with Crippen LogP contribution in [0.1, 0.15) is 86.0 Å². The summed E-state index contributed by atoms with van der Waals surface area (Å²) in [6.45, 7) is 12.0. The summed E-state index contributed by atoms with van der Waals surface area (Å²) in [4.78, 5) is 32.0. The summed E-state index contributed by atoms with van der Waals surface area (Å²) >= 11 is 0. The minimum atomic E-state index is -0.387. The maximum Gasteiger partial charge on any atom is 0.245 e. The molecule has 3 saturated carbocycles. The van der Waals surface area contributed by atoms with Crippen molar-refractivity contribution in [2.75, 3.05) is 27.7 Å². The fourth-order valence-electron chi connectivity index (χ4n) is 10.3. The van der Waals surface area contributed by atoms with Gasteiger partial charge in [-0.25, -0.2) is 0 Å². The molecule has 4 fully saturated rings. The fraction of sp³-hybridized carbons (Fsp3) is 0.871. The van der Waals surface area contributed by atoms with Crippen molar-refractivity contribution in [3.8, 4) is 0 Å². The van der Waals surface area contributed by atoms with E-state index in [1.807, 2.05) is 25.8 Å². The van der Waals surface area contributed by atoms with Crippen LogP contribution in [0.5, 0.6) is 0 Å². The predicted molar refractivity (Wildman–Crippen MR) is 145 cm³/mol. The van der Waals surface area contributed by atoms with Crippen molar-refractivity contribution in [3.05, 3.63) is 11.6 Å². The average Bonchev–Trinajstić information content (AvgIpc) is 3.31. The van der Waals surface area contributed by atoms with Gasteiger partial charge in [-0.1, -0.05) is 32.4 Å². The van der Waals surface area contributed by atoms with Gasteiger partial charge in [0, 0.05) is 39.6 Å². The van der Waals surface area contributed by atoms with E-state index in [0.717, 1.165) is 42.6 Å². The number of hydrogen-bond acceptors (Lipinski definition) is 3. The first-order valence-electron chi connectivity index (χ1n) is 14.8. The van der Waals surface area contributed by atoms with Crippen LogP contribution in [0.4, 0.5) is 0 Å². The van der Waals surface area contributed by atoms with Gasteiger partial charge in [-0.05, 0) is 106 Å². The molecule has 5 rings (SSSR count). The van der Waals surface area contributed by atoms with Crippen molar-refractivity contribution in [2.24, 2.45) is 40.4 Å². The van der Waals surface area contributed by atoms with Crippen molar-refractivity contribution in [2.45, 2.75) is 104 Å². The van der Waals surface area contributed by atoms with E-state index in [2.05, 4.69) is 31.9 Å². The molecule has 0 bridgehead atoms. The molecular weight excluding hydrogens is 446 g/mol. The first-order chi connectivity index (χ1) is 16.9. The number of amides is 2. The lowest BCUT2D eigenvalue weighted by atomic mass is 9.47. The molecule has 0 aromatic heterocycles. The Labute approximate surface area is 220 Å². The molecule has 0 aromatic carbocycles. The summed E-state index contributed by atoms with van der Waals surface area (Å²) in [5.41, 5.74) is 2.51. The Morgan fingerprint density at radius 1 is 1.06 bits per heavy atom. The first-order valence-corrected chi connectivity index (χ1v) is 14.8. The average molecular weight is 498 g/mol. The Balaban J connectivity index is 1.33. The van der Waals surface area contributed by atoms with Gasteiger partial charge in [-0.15, -0.1) is 0 Å². The largest absolute Gasteiger partial charge is 0.341 e. The summed E-state index contributed by atoms with van der Waals surface area (Å²) in [7, 11) is 6.11. The second-order valence-electron chi connectivity index (χ2n) is 14.0. The van der Waals surface area contributed by atoms with E-state index in [9.17, 15) is 9.59 Å². The Hall–Kier alpha value is -1.36. The molecule has 2 amide bonds. The highest BCUT2D eigenvalue weighted by atomic mass is 16.2. The zero-order valence-electron chi connectivity index (χ0n) is 24.2. The number of carbonyl (C=O) groups is 2. The minimum Gasteiger partial charge on any atom is -0.341 e. The van der Waals surface area contributed by atoms with Crippen LogP contribution >= 0.6 is 0 Å². The number of likely N-dealkylation sites (tertiary alicyclic amines) is 1. The highest BCUT2D eigenvalue weighted by Crippen LogP contribution is 2.68. The van der Waals surface area contributed by atoms with Gasteiger partial charge >= 0.3 is 0 Å². The SMILES string of the molecule is CC(=O)N(C)[C@@H](C(=O)N(C)[C@H]1CC[C@@]2(C)C(=CC[C@@H]3C2CCC24CN(C)[C@@H](C)[C@H]2CC[C@@H]34)C1)C(C)C. The zero-order valence-corrected chi connectivity index (χ0v) is 24.2. The molecule has 1 aliphatic heterocycles. The lowest BCUT2D eigenvalue weighted by molar-refractivity contribution is -0.146. The molecule has 2 unspecified atom stereocenters. The summed E-state index contributed by atoms with van der Waals surface area (Å²) < 4.78 is 0. The van der Waals surface area contributed by atoms with Gasteiger partial charge in [0.1, 0.15) is 6.04 Å². The molecule has 1 saturated heterocycles. The lowest BCUT2D eigenvalue weighted by Gasteiger charge is -2.58. The molecule has 0 N–H and O–H groups in total. The summed E-state index contributed by atoms with van der Waals surface area (Å²) in [5.74, 6) is 3.62. The van der Waals surface area contributed by atoms with Crippen molar-refractivity contribution in [1.82, 2.24) is 14.7 Å². The summed E-state index contributed by atoms with van der Waals surface area (Å²) in [5, 5.41) is 0. The summed E-state index contributed by atoms with van der Waals surface area (Å²) in [6, 6.07) is 0.601. The smallest absolute Gasteiger partial charge is 0.245 e. The predicted octanol–water partition coefficient (Wildman–Crippen LogP) is 5.21. The van der Waals surface area contributed by atoms with Crippen LogP contribution in [0.25, 0.3) is 0 Å². The number of fused-ring (bicyclic) bond motifs is 4. The van der Waals surface area contributed by atoms with E-state index in [0.29, 0.717) is 10.8 Å². The van der Waals surface area contributed by atoms with Gasteiger partial charge in [0.05, 0.1) is 0 Å². The van der Waals surface area contributed by atoms with Crippen molar-refractivity contribution in [1.29, 1.82) is 0 Å². The van der Waals surface area contributed by atoms with Crippen LogP contribution in [-0.4, -0.2) is 72.3 Å². The third-order valence-electron chi connectivity index (χ3n) is 12.4. The van der Waals surface area contributed by atoms with Crippen LogP contribution in [0.2, 0.25) is 0 Å². The maximum absolute atomic E-state index is 13.6. The van der Waals surface area contributed by atoms with Gasteiger partial charge < -0.3 is 14.7 Å². The van der Waals surface area contributed by atoms with Gasteiger partial charge in [0.15, 0.2) is 0 Å². The molecule has 1 spiro atoms. The first kappa shape index (κ1) is 26.3. The van der Waals surface area contributed by atoms with E-state index in [1.165, 1.54) is 45.1 Å². The van der Waals surface area contributed by atoms with Crippen molar-refractivity contribution in [3.63, 3.8) is 0 Å². The topological polar surface area (TPSA) is 43.9 Å². The van der Waals surface area contributed by atoms with E-state index in [-0.39, 0.29) is 29.8 Å². The fourth-order valence-corrected chi connectivity index (χ4v) is 10.3. The zero-order chi connectivity index (χ0) is 26.2. The van der Waals surface area contributed by atoms with Crippen LogP contribution in [0, 0.1) is 40.4 Å². The number of allylic oxidation sites excluding steroid dienone is 1. The Bertz CT molecular complexity index is 929. The molecule has 36 heavy (non-hydrogen) atoms. The molecule has 0 radical (unpaired) electrons. The van der Waals surface area contributed by atoms with E-state index in [1.54, 1.807) is 24.4 Å². The van der Waals surface area contributed by atoms with Gasteiger partial charge in [0.2, 0.25) is 11.8 Å². The molecule has 202 valence electrons. The van der Waals surface area contributed by atoms with Crippen LogP contribution in [-0.2, 0) is 9.59 Å². The minimum absolute atomic E-state index is 0.0419. The number of likely N-dealkylation sites (N-methyl/N-ethyl adjacent to an activating group) is 2. The number of nitrogens with zero attached hydrogens (tertiary/aromatic N) is 3. The van der Waals surface area contributed by atoms with E-state index < -0.39 is 0 Å². The highest BCUT2D eigenvalue weighted by Gasteiger charge is 2.64. The van der Waals surface area contributed by atoms with E-state index in [4.69, 9.17) is 0 Å². The van der Waals surface area contributed by atoms with Gasteiger partial charge in [-0.2, -0.15) is 0 Å². The lowest BCUT2D eigenvalue weighted by Crippen LogP contribution is -2.55. The van der Waals surface area contributed by atoms with Crippen LogP contribution in [0.3, 0.4) is 0 Å². The third kappa shape index (κ3) is 3.73. The molecule has 1 heterocycles. The molecule has 9 atom stereocenters. The normalized spacial score (nSPS) is 42.6. The van der Waals surface area contributed by atoms with E-state index >= 15 is 0 Å². The second-order valence-corrected chi connectivity index (χ2v) is 14.0. The molecular formula is C31H51N3O2. The van der Waals surface area contributed by atoms with Crippen LogP contribution in [0.15, 0.2) is 11.6 Å². The monoisotopic (exact) mass is 497 g/mol. The quantitative estimate of drug-likeness (QED) is 0.501. The van der Waals surface area contributed by atoms with Crippen molar-refractivity contribution < 1.29 is 9.59 Å². The highest BCUT2D eigenvalue weighted by molar-refractivity contribution is 5.87. The molecule has 5 nitrogen and oxygen atoms in total. The Morgan fingerprint density at radius 3 is 2.42 bits per heavy atom. The second kappa shape index (κ2) is 9.13. The van der Waals surface area contributed by atoms with Gasteiger partial charge in [0.25, 0.3) is 0 Å². The molecule has 5 aliphatic rings. The Morgan fingerprint density at radius 2 is 1.75 bits per heavy atom. The molecule has 0 aromatic rings. The number of hydrogen-bond donors (Lipinski definition) is 0. The molecule has 4 aliphatic carbocycles.